The lowest BCUT2D eigenvalue weighted by Gasteiger charge is -2.42. The first kappa shape index (κ1) is 85.9. The summed E-state index contributed by atoms with van der Waals surface area (Å²) in [6, 6.07) is 13.6. The molecule has 0 spiro atoms. The van der Waals surface area contributed by atoms with E-state index >= 15 is 9.59 Å². The van der Waals surface area contributed by atoms with E-state index < -0.39 is 157 Å². The molecular formula is C78H106N20O16S. The highest BCUT2D eigenvalue weighted by Gasteiger charge is 2.52. The molecule has 1 unspecified atom stereocenters. The third-order valence-corrected chi connectivity index (χ3v) is 22.8. The van der Waals surface area contributed by atoms with Crippen molar-refractivity contribution >= 4 is 100 Å². The number of rotatable bonds is 37. The maximum atomic E-state index is 15.4. The number of guanidine groups is 3. The van der Waals surface area contributed by atoms with E-state index in [0.29, 0.717) is 42.5 Å². The molecule has 4 aliphatic heterocycles. The number of fused-ring (bicyclic) bond motifs is 5. The molecule has 620 valence electrons. The summed E-state index contributed by atoms with van der Waals surface area (Å²) in [4.78, 5) is 177. The third-order valence-electron chi connectivity index (χ3n) is 21.9. The molecule has 10 rings (SSSR count). The molecule has 3 saturated heterocycles. The summed E-state index contributed by atoms with van der Waals surface area (Å²) in [7, 11) is 0. The van der Waals surface area contributed by atoms with Gasteiger partial charge in [-0.3, -0.25) is 64.2 Å². The highest BCUT2D eigenvalue weighted by Crippen LogP contribution is 2.46. The van der Waals surface area contributed by atoms with Crippen LogP contribution in [0.15, 0.2) is 90.3 Å². The first-order chi connectivity index (χ1) is 55.3. The summed E-state index contributed by atoms with van der Waals surface area (Å²) in [5, 5.41) is 83.4. The lowest BCUT2D eigenvalue weighted by Crippen LogP contribution is -2.63. The number of ether oxygens (including phenoxy) is 1. The van der Waals surface area contributed by atoms with Crippen LogP contribution in [-0.4, -0.2) is 243 Å². The highest BCUT2D eigenvalue weighted by atomic mass is 32.1. The number of aliphatic carboxylic acids is 1. The Balaban J connectivity index is 0.760. The van der Waals surface area contributed by atoms with E-state index in [9.17, 15) is 63.3 Å². The summed E-state index contributed by atoms with van der Waals surface area (Å²) in [6.07, 6.45) is 1.91. The van der Waals surface area contributed by atoms with Gasteiger partial charge < -0.3 is 110 Å². The molecule has 4 aromatic rings. The number of likely N-dealkylation sites (tertiary alicyclic amines) is 3. The number of benzene rings is 3. The van der Waals surface area contributed by atoms with Gasteiger partial charge in [-0.05, 0) is 123 Å². The molecule has 0 bridgehead atoms. The van der Waals surface area contributed by atoms with Crippen LogP contribution in [0.25, 0.3) is 11.1 Å². The van der Waals surface area contributed by atoms with Gasteiger partial charge in [0.1, 0.15) is 54.4 Å². The van der Waals surface area contributed by atoms with E-state index in [4.69, 9.17) is 38.2 Å². The minimum absolute atomic E-state index is 0.00929. The number of aliphatic hydroxyl groups is 2. The number of nitrogens with one attached hydrogen (secondary N) is 13. The molecule has 4 fully saturated rings. The molecule has 0 radical (unpaired) electrons. The largest absolute Gasteiger partial charge is 0.480 e. The molecule has 37 heteroatoms. The molecule has 1 saturated carbocycles. The third kappa shape index (κ3) is 22.7. The van der Waals surface area contributed by atoms with Gasteiger partial charge in [0.15, 0.2) is 24.0 Å². The van der Waals surface area contributed by atoms with Crippen LogP contribution in [0.4, 0.5) is 4.79 Å². The molecule has 2 aliphatic carbocycles. The van der Waals surface area contributed by atoms with Crippen LogP contribution in [0, 0.1) is 22.1 Å². The maximum Gasteiger partial charge on any atom is 0.408 e. The molecule has 6 aliphatic rings. The number of hydrogen-bond donors (Lipinski definition) is 19. The molecule has 1 aromatic heterocycles. The predicted octanol–water partition coefficient (Wildman–Crippen LogP) is -0.570. The number of unbranched alkanes of at least 4 members (excludes halogenated alkanes) is 1. The highest BCUT2D eigenvalue weighted by molar-refractivity contribution is 7.09. The first-order valence-corrected chi connectivity index (χ1v) is 40.1. The Kier molecular flexibility index (Phi) is 30.7. The first-order valence-electron chi connectivity index (χ1n) is 39.3. The van der Waals surface area contributed by atoms with Crippen molar-refractivity contribution in [1.82, 2.24) is 72.8 Å². The molecule has 22 N–H and O–H groups in total. The van der Waals surface area contributed by atoms with Crippen molar-refractivity contribution in [3.8, 4) is 11.1 Å². The average Bonchev–Trinajstić information content (AvgIpc) is 1.63. The van der Waals surface area contributed by atoms with Crippen molar-refractivity contribution in [3.63, 3.8) is 0 Å². The standard InChI is InChI=1S/C78H106N20O16S/c79-75(80)85-31-11-24-53(90-63(101)29-9-10-30-88-78(113)114-65-51-22-6-4-20-49(51)50-21-5-7-23-52(50)65)66(103)92-54(25-12-32-86-76(81)82)70(107)95-34-14-28-59(95)72(109)97-42-47(100)38-60(97)68(105)89-40-64(102)91-56(39-48-19-15-35-115-48)67(104)94-57(43-99)71(108)96-41-46-18-2-1-16-44(46)36-62(96)73(110)98-58-27-8-3-17-45(58)37-61(98)69(106)93-55(74(111)112)26-13-33-87-77(83)84/h1-2,4-7,15-16,18-23,35,45,47,53-62,65,99-100H,3,8-14,17,24-34,36-43H2,(H,88,113)(H,89,105)(H,90,101)(H,91,102)(H,92,103)(H,93,106)(H,94,104)(H,111,112)(H4,79,80,85)(H4,81,82,86)(H4,83,84,87)/t45-,47+,53+,54-,55-,56-,57-,58-,59-,60-,61-,62?/m0/s1. The van der Waals surface area contributed by atoms with Crippen LogP contribution in [0.3, 0.4) is 0 Å². The number of alkyl carbamates (subject to hydrolysis) is 1. The van der Waals surface area contributed by atoms with Crippen molar-refractivity contribution in [2.75, 3.05) is 52.4 Å². The van der Waals surface area contributed by atoms with Gasteiger partial charge in [-0.25, -0.2) is 9.59 Å². The molecule has 36 nitrogen and oxygen atoms in total. The zero-order valence-electron chi connectivity index (χ0n) is 64.0. The number of thiophene rings is 1. The summed E-state index contributed by atoms with van der Waals surface area (Å²) in [5.74, 6) is -9.79. The minimum Gasteiger partial charge on any atom is -0.480 e. The smallest absolute Gasteiger partial charge is 0.408 e. The van der Waals surface area contributed by atoms with E-state index in [1.54, 1.807) is 35.7 Å². The number of nitrogens with two attached hydrogens (primary N) is 3. The fourth-order valence-corrected chi connectivity index (χ4v) is 17.1. The van der Waals surface area contributed by atoms with Gasteiger partial charge in [0.05, 0.1) is 19.3 Å². The van der Waals surface area contributed by atoms with Crippen molar-refractivity contribution < 1.29 is 77.6 Å². The van der Waals surface area contributed by atoms with Gasteiger partial charge in [-0.1, -0.05) is 91.7 Å². The number of nitrogens with zero attached hydrogens (tertiary/aromatic N) is 4. The lowest BCUT2D eigenvalue weighted by atomic mass is 9.84. The van der Waals surface area contributed by atoms with Crippen molar-refractivity contribution in [1.29, 1.82) is 16.2 Å². The predicted molar refractivity (Wildman–Crippen MR) is 421 cm³/mol. The van der Waals surface area contributed by atoms with Gasteiger partial charge in [0.2, 0.25) is 59.1 Å². The number of hydrogen-bond acceptors (Lipinski definition) is 19. The van der Waals surface area contributed by atoms with E-state index in [-0.39, 0.29) is 147 Å². The quantitative estimate of drug-likeness (QED) is 0.0153. The topological polar surface area (TPSA) is 558 Å². The van der Waals surface area contributed by atoms with Crippen molar-refractivity contribution in [2.45, 2.75) is 201 Å². The minimum atomic E-state index is -1.70. The van der Waals surface area contributed by atoms with Gasteiger partial charge in [-0.2, -0.15) is 0 Å². The van der Waals surface area contributed by atoms with Crippen LogP contribution in [0.2, 0.25) is 0 Å². The number of carbonyl (C=O) groups excluding carboxylic acids is 11. The SMILES string of the molecule is N=C(N)NCCC[C@H](NC(=O)[C@@H]1C[C@@H]2CCCC[C@@H]2N1C(=O)C1Cc2ccccc2CN1C(=O)[C@H](CO)NC(=O)[C@H](Cc1cccs1)NC(=O)CNC(=O)[C@@H]1C[C@@H](O)CN1C(=O)[C@@H]1CCCN1C(=O)[C@H](CCCNC(=N)N)NC(=O)[C@@H](CCCNC(=N)N)NC(=O)CCCCNC(=O)OC1c2ccccc2-c2ccccc21)C(=O)O. The zero-order valence-corrected chi connectivity index (χ0v) is 64.9. The molecule has 115 heavy (non-hydrogen) atoms. The monoisotopic (exact) mass is 1610 g/mol. The van der Waals surface area contributed by atoms with Crippen molar-refractivity contribution in [2.24, 2.45) is 23.1 Å². The van der Waals surface area contributed by atoms with E-state index in [1.165, 1.54) is 26.0 Å². The molecule has 12 atom stereocenters. The van der Waals surface area contributed by atoms with Gasteiger partial charge in [0.25, 0.3) is 0 Å². The average molecular weight is 1610 g/mol. The Labute approximate surface area is 669 Å². The number of carbonyl (C=O) groups is 12. The summed E-state index contributed by atoms with van der Waals surface area (Å²) >= 11 is 1.26. The maximum absolute atomic E-state index is 15.4. The van der Waals surface area contributed by atoms with Gasteiger partial charge >= 0.3 is 12.1 Å². The summed E-state index contributed by atoms with van der Waals surface area (Å²) in [6.45, 7) is -1.55. The second kappa shape index (κ2) is 41.0. The number of amides is 11. The molecule has 5 heterocycles. The van der Waals surface area contributed by atoms with Crippen molar-refractivity contribution in [3.05, 3.63) is 117 Å². The Morgan fingerprint density at radius 1 is 0.539 bits per heavy atom. The lowest BCUT2D eigenvalue weighted by molar-refractivity contribution is -0.153. The molecule has 3 aromatic carbocycles. The number of carboxylic acids is 1. The number of β-amino-alcohol motifs (C(OH)–C–C–N with tert-alkyl or cyclic N) is 1. The second-order valence-electron chi connectivity index (χ2n) is 29.9. The summed E-state index contributed by atoms with van der Waals surface area (Å²) < 4.78 is 5.88. The number of aliphatic hydroxyl groups excluding tert-OH is 2. The fraction of sp³-hybridized carbons (Fsp3) is 0.526. The van der Waals surface area contributed by atoms with Gasteiger partial charge in [-0.15, -0.1) is 11.3 Å². The van der Waals surface area contributed by atoms with Crippen LogP contribution in [0.1, 0.15) is 142 Å². The zero-order chi connectivity index (χ0) is 82.4. The normalized spacial score (nSPS) is 20.5. The van der Waals surface area contributed by atoms with Crippen LogP contribution >= 0.6 is 11.3 Å². The van der Waals surface area contributed by atoms with E-state index in [0.717, 1.165) is 45.6 Å². The summed E-state index contributed by atoms with van der Waals surface area (Å²) in [5.41, 5.74) is 21.6. The Bertz CT molecular complexity index is 4160. The Morgan fingerprint density at radius 3 is 1.77 bits per heavy atom. The van der Waals surface area contributed by atoms with E-state index in [1.807, 2.05) is 54.6 Å². The molecule has 11 amide bonds. The number of carboxylic acid groups (broad SMARTS) is 1. The second-order valence-corrected chi connectivity index (χ2v) is 30.9. The van der Waals surface area contributed by atoms with Crippen LogP contribution < -0.4 is 70.4 Å². The molecular weight excluding hydrogens is 1510 g/mol. The van der Waals surface area contributed by atoms with Crippen LogP contribution in [-0.2, 0) is 76.9 Å². The van der Waals surface area contributed by atoms with Gasteiger partial charge in [0, 0.05) is 93.5 Å². The fourth-order valence-electron chi connectivity index (χ4n) is 16.3. The van der Waals surface area contributed by atoms with E-state index in [2.05, 4.69) is 53.2 Å². The Hall–Kier alpha value is -11.5. The Morgan fingerprint density at radius 2 is 1.13 bits per heavy atom. The van der Waals surface area contributed by atoms with Crippen LogP contribution in [0.5, 0.6) is 0 Å².